The number of nitrogens with one attached hydrogen (secondary N) is 1. The maximum absolute atomic E-state index is 13.3. The van der Waals surface area contributed by atoms with E-state index in [0.29, 0.717) is 0 Å². The first-order valence-corrected chi connectivity index (χ1v) is 7.56. The number of aromatic nitrogens is 3. The normalized spacial score (nSPS) is 14.6. The summed E-state index contributed by atoms with van der Waals surface area (Å²) in [5, 5.41) is 2.05. The Morgan fingerprint density at radius 1 is 1.19 bits per heavy atom. The molecule has 1 aliphatic heterocycles. The van der Waals surface area contributed by atoms with E-state index in [9.17, 15) is 4.39 Å². The SMILES string of the molecule is Fc1cc(-c2cnc3[nH]cc(C4=NCCS4)c3c2)ccn1. The molecule has 0 aromatic carbocycles. The molecule has 3 aromatic heterocycles. The number of pyridine rings is 2. The zero-order valence-electron chi connectivity index (χ0n) is 11.0. The van der Waals surface area contributed by atoms with Crippen molar-refractivity contribution in [3.8, 4) is 11.1 Å². The van der Waals surface area contributed by atoms with E-state index in [2.05, 4.69) is 19.9 Å². The Bertz CT molecular complexity index is 856. The number of H-pyrrole nitrogens is 1. The molecule has 1 aliphatic rings. The molecule has 0 atom stereocenters. The van der Waals surface area contributed by atoms with Crippen LogP contribution in [0.1, 0.15) is 5.56 Å². The lowest BCUT2D eigenvalue weighted by Gasteiger charge is -2.03. The maximum Gasteiger partial charge on any atom is 0.213 e. The van der Waals surface area contributed by atoms with Crippen molar-refractivity contribution in [3.05, 3.63) is 48.3 Å². The molecule has 0 saturated carbocycles. The number of nitrogens with zero attached hydrogens (tertiary/aromatic N) is 3. The van der Waals surface area contributed by atoms with Crippen molar-refractivity contribution in [1.82, 2.24) is 15.0 Å². The predicted molar refractivity (Wildman–Crippen MR) is 83.1 cm³/mol. The lowest BCUT2D eigenvalue weighted by Crippen LogP contribution is -1.90. The van der Waals surface area contributed by atoms with E-state index in [4.69, 9.17) is 0 Å². The van der Waals surface area contributed by atoms with Gasteiger partial charge in [-0.15, -0.1) is 11.8 Å². The fourth-order valence-electron chi connectivity index (χ4n) is 2.42. The third-order valence-electron chi connectivity index (χ3n) is 3.41. The van der Waals surface area contributed by atoms with Gasteiger partial charge in [0.2, 0.25) is 5.95 Å². The van der Waals surface area contributed by atoms with Crippen LogP contribution in [0.4, 0.5) is 4.39 Å². The largest absolute Gasteiger partial charge is 0.345 e. The highest BCUT2D eigenvalue weighted by atomic mass is 32.2. The molecule has 0 fully saturated rings. The number of hydrogen-bond acceptors (Lipinski definition) is 4. The minimum absolute atomic E-state index is 0.488. The second-order valence-electron chi connectivity index (χ2n) is 4.73. The maximum atomic E-state index is 13.3. The average molecular weight is 298 g/mol. The summed E-state index contributed by atoms with van der Waals surface area (Å²) >= 11 is 1.75. The van der Waals surface area contributed by atoms with Crippen molar-refractivity contribution in [1.29, 1.82) is 0 Å². The summed E-state index contributed by atoms with van der Waals surface area (Å²) in [7, 11) is 0. The lowest BCUT2D eigenvalue weighted by molar-refractivity contribution is 0.584. The minimum atomic E-state index is -0.488. The van der Waals surface area contributed by atoms with Gasteiger partial charge in [0, 0.05) is 53.5 Å². The second-order valence-corrected chi connectivity index (χ2v) is 5.81. The monoisotopic (exact) mass is 298 g/mol. The number of halogens is 1. The van der Waals surface area contributed by atoms with Crippen molar-refractivity contribution in [2.75, 3.05) is 12.3 Å². The van der Waals surface area contributed by atoms with Crippen molar-refractivity contribution in [2.45, 2.75) is 0 Å². The Hall–Kier alpha value is -2.21. The van der Waals surface area contributed by atoms with Crippen molar-refractivity contribution in [2.24, 2.45) is 4.99 Å². The first-order chi connectivity index (χ1) is 10.3. The number of aromatic amines is 1. The Kier molecular flexibility index (Phi) is 2.96. The molecular formula is C15H11FN4S. The minimum Gasteiger partial charge on any atom is -0.345 e. The van der Waals surface area contributed by atoms with Gasteiger partial charge in [-0.3, -0.25) is 4.99 Å². The molecule has 0 aliphatic carbocycles. The molecule has 1 N–H and O–H groups in total. The van der Waals surface area contributed by atoms with E-state index in [0.717, 1.165) is 45.1 Å². The molecule has 4 nitrogen and oxygen atoms in total. The standard InChI is InChI=1S/C15H11FN4S/c16-13-6-9(1-2-17-13)10-5-11-12(15-18-3-4-21-15)8-20-14(11)19-7-10/h1-2,5-8H,3-4H2,(H,19,20). The molecule has 0 radical (unpaired) electrons. The van der Waals surface area contributed by atoms with Gasteiger partial charge in [0.05, 0.1) is 5.04 Å². The molecule has 4 heterocycles. The van der Waals surface area contributed by atoms with Gasteiger partial charge < -0.3 is 4.98 Å². The number of thioether (sulfide) groups is 1. The molecule has 0 unspecified atom stereocenters. The van der Waals surface area contributed by atoms with Gasteiger partial charge in [-0.2, -0.15) is 4.39 Å². The van der Waals surface area contributed by atoms with Crippen LogP contribution in [0.3, 0.4) is 0 Å². The highest BCUT2D eigenvalue weighted by Gasteiger charge is 2.15. The average Bonchev–Trinajstić information content (AvgIpc) is 3.15. The number of rotatable bonds is 2. The van der Waals surface area contributed by atoms with Gasteiger partial charge in [-0.25, -0.2) is 9.97 Å². The molecule has 0 bridgehead atoms. The number of aliphatic imine (C=N–C) groups is 1. The van der Waals surface area contributed by atoms with Gasteiger partial charge >= 0.3 is 0 Å². The fourth-order valence-corrected chi connectivity index (χ4v) is 3.30. The third-order valence-corrected chi connectivity index (χ3v) is 4.42. The Balaban J connectivity index is 1.87. The first kappa shape index (κ1) is 12.5. The van der Waals surface area contributed by atoms with Gasteiger partial charge in [0.25, 0.3) is 0 Å². The van der Waals surface area contributed by atoms with Crippen LogP contribution in [0, 0.1) is 5.95 Å². The van der Waals surface area contributed by atoms with Crippen molar-refractivity contribution in [3.63, 3.8) is 0 Å². The quantitative estimate of drug-likeness (QED) is 0.739. The summed E-state index contributed by atoms with van der Waals surface area (Å²) in [5.41, 5.74) is 3.52. The molecule has 0 amide bonds. The van der Waals surface area contributed by atoms with E-state index in [1.807, 2.05) is 12.3 Å². The van der Waals surface area contributed by atoms with Crippen molar-refractivity contribution >= 4 is 27.8 Å². The van der Waals surface area contributed by atoms with E-state index >= 15 is 0 Å². The second kappa shape index (κ2) is 4.96. The molecule has 0 saturated heterocycles. The van der Waals surface area contributed by atoms with Crippen LogP contribution in [0.5, 0.6) is 0 Å². The summed E-state index contributed by atoms with van der Waals surface area (Å²) in [6.07, 6.45) is 5.14. The van der Waals surface area contributed by atoms with Crippen LogP contribution in [0.15, 0.2) is 41.8 Å². The highest BCUT2D eigenvalue weighted by Crippen LogP contribution is 2.28. The van der Waals surface area contributed by atoms with Gasteiger partial charge in [0.15, 0.2) is 0 Å². The lowest BCUT2D eigenvalue weighted by atomic mass is 10.1. The molecule has 4 rings (SSSR count). The molecule has 0 spiro atoms. The smallest absolute Gasteiger partial charge is 0.213 e. The zero-order valence-corrected chi connectivity index (χ0v) is 11.8. The van der Waals surface area contributed by atoms with Crippen LogP contribution in [0.2, 0.25) is 0 Å². The van der Waals surface area contributed by atoms with Gasteiger partial charge in [-0.1, -0.05) is 0 Å². The molecular weight excluding hydrogens is 287 g/mol. The van der Waals surface area contributed by atoms with E-state index in [1.165, 1.54) is 12.3 Å². The zero-order chi connectivity index (χ0) is 14.2. The first-order valence-electron chi connectivity index (χ1n) is 6.58. The van der Waals surface area contributed by atoms with Crippen LogP contribution < -0.4 is 0 Å². The Morgan fingerprint density at radius 3 is 2.95 bits per heavy atom. The predicted octanol–water partition coefficient (Wildman–Crippen LogP) is 3.26. The van der Waals surface area contributed by atoms with E-state index < -0.39 is 5.95 Å². The van der Waals surface area contributed by atoms with Crippen LogP contribution in [-0.4, -0.2) is 32.3 Å². The molecule has 104 valence electrons. The summed E-state index contributed by atoms with van der Waals surface area (Å²) < 4.78 is 13.3. The summed E-state index contributed by atoms with van der Waals surface area (Å²) in [4.78, 5) is 15.7. The molecule has 3 aromatic rings. The fraction of sp³-hybridized carbons (Fsp3) is 0.133. The van der Waals surface area contributed by atoms with E-state index in [1.54, 1.807) is 24.0 Å². The molecule has 21 heavy (non-hydrogen) atoms. The topological polar surface area (TPSA) is 53.9 Å². The Morgan fingerprint density at radius 2 is 2.14 bits per heavy atom. The molecule has 6 heteroatoms. The van der Waals surface area contributed by atoms with E-state index in [-0.39, 0.29) is 0 Å². The van der Waals surface area contributed by atoms with Crippen LogP contribution in [0.25, 0.3) is 22.2 Å². The van der Waals surface area contributed by atoms with Crippen molar-refractivity contribution < 1.29 is 4.39 Å². The third kappa shape index (κ3) is 2.21. The summed E-state index contributed by atoms with van der Waals surface area (Å²) in [6.45, 7) is 0.857. The van der Waals surface area contributed by atoms with Crippen LogP contribution >= 0.6 is 11.8 Å². The van der Waals surface area contributed by atoms with Gasteiger partial charge in [-0.05, 0) is 17.7 Å². The number of hydrogen-bond donors (Lipinski definition) is 1. The highest BCUT2D eigenvalue weighted by molar-refractivity contribution is 8.14. The van der Waals surface area contributed by atoms with Gasteiger partial charge in [0.1, 0.15) is 5.65 Å². The summed E-state index contributed by atoms with van der Waals surface area (Å²) in [5.74, 6) is 0.530. The Labute approximate surface area is 124 Å². The van der Waals surface area contributed by atoms with Crippen LogP contribution in [-0.2, 0) is 0 Å². The number of fused-ring (bicyclic) bond motifs is 1. The summed E-state index contributed by atoms with van der Waals surface area (Å²) in [6, 6.07) is 5.21.